The first-order valence-corrected chi connectivity index (χ1v) is 10.6. The maximum absolute atomic E-state index is 13.0. The minimum Gasteiger partial charge on any atom is -0.495 e. The Balaban J connectivity index is 2.08. The number of nitrogens with two attached hydrogens (primary N) is 1. The van der Waals surface area contributed by atoms with Crippen LogP contribution in [-0.4, -0.2) is 52.4 Å². The predicted octanol–water partition coefficient (Wildman–Crippen LogP) is 2.78. The van der Waals surface area contributed by atoms with Crippen LogP contribution in [0.1, 0.15) is 25.3 Å². The van der Waals surface area contributed by atoms with Gasteiger partial charge in [-0.2, -0.15) is 8.78 Å². The van der Waals surface area contributed by atoms with Crippen molar-refractivity contribution in [3.8, 4) is 11.5 Å². The van der Waals surface area contributed by atoms with Gasteiger partial charge in [-0.05, 0) is 23.8 Å². The van der Waals surface area contributed by atoms with E-state index in [1.165, 1.54) is 13.2 Å². The van der Waals surface area contributed by atoms with Crippen molar-refractivity contribution in [3.05, 3.63) is 35.5 Å². The molecule has 0 spiro atoms. The lowest BCUT2D eigenvalue weighted by Gasteiger charge is -2.20. The van der Waals surface area contributed by atoms with E-state index in [2.05, 4.69) is 27.6 Å². The largest absolute Gasteiger partial charge is 0.495 e. The molecule has 10 heteroatoms. The predicted molar refractivity (Wildman–Crippen MR) is 106 cm³/mol. The number of primary sulfonamides is 1. The minimum absolute atomic E-state index is 0.167. The van der Waals surface area contributed by atoms with Gasteiger partial charge < -0.3 is 9.47 Å². The van der Waals surface area contributed by atoms with Crippen LogP contribution in [0.5, 0.6) is 11.5 Å². The van der Waals surface area contributed by atoms with E-state index in [-0.39, 0.29) is 22.0 Å². The summed E-state index contributed by atoms with van der Waals surface area (Å²) in [4.78, 5) is 6.46. The third-order valence-electron chi connectivity index (χ3n) is 4.97. The topological polar surface area (TPSA) is 94.2 Å². The summed E-state index contributed by atoms with van der Waals surface area (Å²) in [6.07, 6.45) is 4.85. The Bertz CT molecular complexity index is 987. The Kier molecular flexibility index (Phi) is 6.35. The van der Waals surface area contributed by atoms with Crippen molar-refractivity contribution in [3.63, 3.8) is 0 Å². The van der Waals surface area contributed by atoms with Crippen LogP contribution >= 0.6 is 0 Å². The van der Waals surface area contributed by atoms with Crippen LogP contribution in [0.4, 0.5) is 8.78 Å². The lowest BCUT2D eigenvalue weighted by molar-refractivity contribution is -0.0501. The second kappa shape index (κ2) is 8.60. The number of allylic oxidation sites excluding steroid dienone is 2. The van der Waals surface area contributed by atoms with Crippen molar-refractivity contribution < 1.29 is 26.7 Å². The fourth-order valence-corrected chi connectivity index (χ4v) is 4.13. The van der Waals surface area contributed by atoms with Crippen molar-refractivity contribution >= 4 is 21.3 Å². The molecular weight excluding hydrogens is 404 g/mol. The van der Waals surface area contributed by atoms with E-state index in [0.717, 1.165) is 43.4 Å². The average molecular weight is 427 g/mol. The molecule has 3 rings (SSSR count). The van der Waals surface area contributed by atoms with E-state index in [9.17, 15) is 17.2 Å². The number of hydrogen-bond acceptors (Lipinski definition) is 6. The Labute approximate surface area is 168 Å². The molecule has 29 heavy (non-hydrogen) atoms. The van der Waals surface area contributed by atoms with E-state index in [0.29, 0.717) is 12.0 Å². The van der Waals surface area contributed by atoms with Crippen LogP contribution < -0.4 is 14.6 Å². The SMILES string of the molecule is CCN1CC=C2CC(c3cc(S(N)(=O)=O)c(OC)cc3OC(F)F)=CN=C2CC1. The van der Waals surface area contributed by atoms with Gasteiger partial charge in [-0.1, -0.05) is 13.0 Å². The van der Waals surface area contributed by atoms with Gasteiger partial charge in [0.25, 0.3) is 0 Å². The molecule has 2 heterocycles. The second-order valence-electron chi connectivity index (χ2n) is 6.70. The highest BCUT2D eigenvalue weighted by atomic mass is 32.2. The highest BCUT2D eigenvalue weighted by Gasteiger charge is 2.25. The van der Waals surface area contributed by atoms with E-state index >= 15 is 0 Å². The minimum atomic E-state index is -4.14. The molecule has 2 N–H and O–H groups in total. The van der Waals surface area contributed by atoms with Gasteiger partial charge in [0.1, 0.15) is 16.4 Å². The highest BCUT2D eigenvalue weighted by molar-refractivity contribution is 7.89. The molecule has 2 aliphatic heterocycles. The molecule has 1 aromatic carbocycles. The number of ether oxygens (including phenoxy) is 2. The Morgan fingerprint density at radius 2 is 2.03 bits per heavy atom. The number of sulfonamides is 1. The number of benzene rings is 1. The normalized spacial score (nSPS) is 17.8. The van der Waals surface area contributed by atoms with Crippen LogP contribution in [0.3, 0.4) is 0 Å². The van der Waals surface area contributed by atoms with Crippen LogP contribution in [-0.2, 0) is 10.0 Å². The van der Waals surface area contributed by atoms with E-state index in [1.807, 2.05) is 0 Å². The first-order valence-electron chi connectivity index (χ1n) is 9.10. The molecule has 0 bridgehead atoms. The highest BCUT2D eigenvalue weighted by Crippen LogP contribution is 2.40. The number of fused-ring (bicyclic) bond motifs is 1. The third-order valence-corrected chi connectivity index (χ3v) is 5.90. The Morgan fingerprint density at radius 3 is 2.66 bits per heavy atom. The summed E-state index contributed by atoms with van der Waals surface area (Å²) in [6.45, 7) is 1.57. The molecule has 7 nitrogen and oxygen atoms in total. The van der Waals surface area contributed by atoms with Gasteiger partial charge in [-0.15, -0.1) is 0 Å². The van der Waals surface area contributed by atoms with E-state index in [4.69, 9.17) is 9.88 Å². The van der Waals surface area contributed by atoms with Crippen molar-refractivity contribution in [1.82, 2.24) is 4.90 Å². The molecule has 0 radical (unpaired) electrons. The molecule has 0 amide bonds. The van der Waals surface area contributed by atoms with E-state index in [1.54, 1.807) is 6.20 Å². The standard InChI is InChI=1S/C19H23F2N3O4S/c1-3-24-6-4-12-8-13(11-23-15(12)5-7-24)14-9-18(29(22,25)26)17(27-2)10-16(14)28-19(20)21/h4,9-11,19H,3,5-8H2,1-2H3,(H2,22,25,26). The monoisotopic (exact) mass is 427 g/mol. The number of aliphatic imine (C=N–C) groups is 1. The van der Waals surface area contributed by atoms with Gasteiger partial charge in [-0.3, -0.25) is 9.89 Å². The Hall–Kier alpha value is -2.30. The molecule has 1 aromatic rings. The van der Waals surface area contributed by atoms with Crippen molar-refractivity contribution in [2.75, 3.05) is 26.7 Å². The van der Waals surface area contributed by atoms with Gasteiger partial charge in [0.05, 0.1) is 7.11 Å². The summed E-state index contributed by atoms with van der Waals surface area (Å²) in [5.74, 6) is -0.363. The summed E-state index contributed by atoms with van der Waals surface area (Å²) < 4.78 is 59.5. The molecule has 0 aromatic heterocycles. The molecule has 0 atom stereocenters. The van der Waals surface area contributed by atoms with Crippen molar-refractivity contribution in [2.45, 2.75) is 31.3 Å². The molecule has 0 fully saturated rings. The quantitative estimate of drug-likeness (QED) is 0.753. The van der Waals surface area contributed by atoms with Crippen LogP contribution in [0.15, 0.2) is 39.9 Å². The van der Waals surface area contributed by atoms with Gasteiger partial charge in [0.2, 0.25) is 10.0 Å². The lowest BCUT2D eigenvalue weighted by atomic mass is 9.92. The number of halogens is 2. The zero-order chi connectivity index (χ0) is 21.2. The van der Waals surface area contributed by atoms with E-state index < -0.39 is 16.6 Å². The lowest BCUT2D eigenvalue weighted by Crippen LogP contribution is -2.24. The Morgan fingerprint density at radius 1 is 1.28 bits per heavy atom. The third kappa shape index (κ3) is 4.82. The van der Waals surface area contributed by atoms with Crippen LogP contribution in [0, 0.1) is 0 Å². The number of alkyl halides is 2. The maximum Gasteiger partial charge on any atom is 0.387 e. The fraction of sp³-hybridized carbons (Fsp3) is 0.421. The average Bonchev–Trinajstić information content (AvgIpc) is 2.87. The molecule has 0 saturated heterocycles. The number of hydrogen-bond donors (Lipinski definition) is 1. The zero-order valence-electron chi connectivity index (χ0n) is 16.2. The van der Waals surface area contributed by atoms with Gasteiger partial charge in [0, 0.05) is 49.5 Å². The van der Waals surface area contributed by atoms with Crippen LogP contribution in [0.2, 0.25) is 0 Å². The maximum atomic E-state index is 13.0. The van der Waals surface area contributed by atoms with Crippen molar-refractivity contribution in [1.29, 1.82) is 0 Å². The molecular formula is C19H23F2N3O4S. The second-order valence-corrected chi connectivity index (χ2v) is 8.23. The number of methoxy groups -OCH3 is 1. The first-order chi connectivity index (χ1) is 13.7. The van der Waals surface area contributed by atoms with Gasteiger partial charge in [-0.25, -0.2) is 13.6 Å². The summed E-state index contributed by atoms with van der Waals surface area (Å²) in [5.41, 5.74) is 2.69. The summed E-state index contributed by atoms with van der Waals surface area (Å²) in [5, 5.41) is 5.28. The summed E-state index contributed by atoms with van der Waals surface area (Å²) in [7, 11) is -2.92. The number of likely N-dealkylation sites (N-methyl/N-ethyl adjacent to an activating group) is 1. The zero-order valence-corrected chi connectivity index (χ0v) is 17.0. The molecule has 2 aliphatic rings. The summed E-state index contributed by atoms with van der Waals surface area (Å²) >= 11 is 0. The summed E-state index contributed by atoms with van der Waals surface area (Å²) in [6, 6.07) is 2.31. The molecule has 0 aliphatic carbocycles. The molecule has 0 saturated carbocycles. The molecule has 158 valence electrons. The molecule has 0 unspecified atom stereocenters. The number of nitrogens with zero attached hydrogens (tertiary/aromatic N) is 2. The van der Waals surface area contributed by atoms with Crippen molar-refractivity contribution in [2.24, 2.45) is 10.1 Å². The number of rotatable bonds is 6. The smallest absolute Gasteiger partial charge is 0.387 e. The van der Waals surface area contributed by atoms with Crippen LogP contribution in [0.25, 0.3) is 5.57 Å². The van der Waals surface area contributed by atoms with Gasteiger partial charge >= 0.3 is 6.61 Å². The fourth-order valence-electron chi connectivity index (χ4n) is 3.42. The first kappa shape index (κ1) is 21.4. The van der Waals surface area contributed by atoms with Gasteiger partial charge in [0.15, 0.2) is 0 Å².